The summed E-state index contributed by atoms with van der Waals surface area (Å²) in [5, 5.41) is 2.12. The second-order valence-corrected chi connectivity index (χ2v) is 10.3. The topological polar surface area (TPSA) is 40.6 Å². The monoisotopic (exact) mass is 470 g/mol. The number of hydrogen-bond donors (Lipinski definition) is 0. The van der Waals surface area contributed by atoms with Gasteiger partial charge < -0.3 is 9.80 Å². The van der Waals surface area contributed by atoms with Crippen LogP contribution in [0.2, 0.25) is 0 Å². The fraction of sp³-hybridized carbons (Fsp3) is 0.310. The Morgan fingerprint density at radius 1 is 1.09 bits per heavy atom. The molecule has 3 unspecified atom stereocenters. The SMILES string of the molecule is C=CCN(CC(=O)N1CCc2sccc2C1c1ccc(C)cc1)C(=O)C1CC1c1ccccc1. The van der Waals surface area contributed by atoms with E-state index in [0.29, 0.717) is 13.1 Å². The molecule has 2 amide bonds. The van der Waals surface area contributed by atoms with E-state index in [9.17, 15) is 9.59 Å². The molecular formula is C29H30N2O2S. The lowest BCUT2D eigenvalue weighted by Gasteiger charge is -2.37. The Balaban J connectivity index is 1.35. The number of benzene rings is 2. The van der Waals surface area contributed by atoms with Crippen LogP contribution in [-0.4, -0.2) is 41.2 Å². The molecule has 2 aliphatic rings. The van der Waals surface area contributed by atoms with Gasteiger partial charge in [-0.25, -0.2) is 0 Å². The number of fused-ring (bicyclic) bond motifs is 1. The van der Waals surface area contributed by atoms with Crippen LogP contribution in [0.1, 0.15) is 45.5 Å². The maximum Gasteiger partial charge on any atom is 0.243 e. The first-order valence-corrected chi connectivity index (χ1v) is 12.8. The zero-order chi connectivity index (χ0) is 23.7. The molecule has 2 aromatic carbocycles. The predicted molar refractivity (Wildman–Crippen MR) is 137 cm³/mol. The minimum Gasteiger partial charge on any atom is -0.330 e. The molecule has 1 aliphatic heterocycles. The van der Waals surface area contributed by atoms with E-state index in [1.54, 1.807) is 22.3 Å². The molecule has 0 radical (unpaired) electrons. The van der Waals surface area contributed by atoms with E-state index in [4.69, 9.17) is 0 Å². The lowest BCUT2D eigenvalue weighted by Crippen LogP contribution is -2.47. The summed E-state index contributed by atoms with van der Waals surface area (Å²) < 4.78 is 0. The molecule has 2 heterocycles. The minimum atomic E-state index is -0.109. The summed E-state index contributed by atoms with van der Waals surface area (Å²) in [4.78, 5) is 32.0. The van der Waals surface area contributed by atoms with Gasteiger partial charge in [-0.3, -0.25) is 9.59 Å². The number of thiophene rings is 1. The van der Waals surface area contributed by atoms with Gasteiger partial charge in [0.1, 0.15) is 6.54 Å². The van der Waals surface area contributed by atoms with Crippen LogP contribution in [0.5, 0.6) is 0 Å². The zero-order valence-electron chi connectivity index (χ0n) is 19.5. The molecule has 4 nitrogen and oxygen atoms in total. The van der Waals surface area contributed by atoms with Gasteiger partial charge in [0, 0.05) is 23.9 Å². The molecule has 3 aromatic rings. The van der Waals surface area contributed by atoms with Gasteiger partial charge in [-0.05, 0) is 53.8 Å². The Kier molecular flexibility index (Phi) is 6.38. The van der Waals surface area contributed by atoms with Crippen molar-refractivity contribution in [1.82, 2.24) is 9.80 Å². The Hall–Kier alpha value is -3.18. The minimum absolute atomic E-state index is 0.00506. The highest BCUT2D eigenvalue weighted by molar-refractivity contribution is 7.10. The van der Waals surface area contributed by atoms with Crippen LogP contribution >= 0.6 is 11.3 Å². The molecule has 0 N–H and O–H groups in total. The smallest absolute Gasteiger partial charge is 0.243 e. The van der Waals surface area contributed by atoms with Gasteiger partial charge in [0.15, 0.2) is 0 Å². The lowest BCUT2D eigenvalue weighted by molar-refractivity contribution is -0.142. The van der Waals surface area contributed by atoms with Crippen molar-refractivity contribution in [3.63, 3.8) is 0 Å². The molecule has 0 saturated heterocycles. The fourth-order valence-corrected chi connectivity index (χ4v) is 6.01. The molecule has 1 saturated carbocycles. The summed E-state index contributed by atoms with van der Waals surface area (Å²) in [5.41, 5.74) is 4.72. The largest absolute Gasteiger partial charge is 0.330 e. The van der Waals surface area contributed by atoms with Crippen molar-refractivity contribution in [3.05, 3.63) is 106 Å². The standard InChI is InChI=1S/C29H30N2O2S/c1-3-15-30(29(33)25-18-24(25)21-7-5-4-6-8-21)19-27(32)31-16-13-26-23(14-17-34-26)28(31)22-11-9-20(2)10-12-22/h3-12,14,17,24-25,28H,1,13,15-16,18-19H2,2H3. The quantitative estimate of drug-likeness (QED) is 0.437. The van der Waals surface area contributed by atoms with Gasteiger partial charge >= 0.3 is 0 Å². The molecule has 5 heteroatoms. The molecule has 174 valence electrons. The summed E-state index contributed by atoms with van der Waals surface area (Å²) in [7, 11) is 0. The highest BCUT2D eigenvalue weighted by atomic mass is 32.1. The zero-order valence-corrected chi connectivity index (χ0v) is 20.3. The molecule has 1 aromatic heterocycles. The van der Waals surface area contributed by atoms with E-state index in [-0.39, 0.29) is 36.2 Å². The predicted octanol–water partition coefficient (Wildman–Crippen LogP) is 5.35. The normalized spacial score (nSPS) is 21.0. The third-order valence-corrected chi connectivity index (χ3v) is 8.00. The number of amides is 2. The third-order valence-electron chi connectivity index (χ3n) is 7.00. The molecule has 0 bridgehead atoms. The van der Waals surface area contributed by atoms with Gasteiger partial charge in [0.2, 0.25) is 11.8 Å². The van der Waals surface area contributed by atoms with Gasteiger partial charge in [-0.2, -0.15) is 0 Å². The summed E-state index contributed by atoms with van der Waals surface area (Å²) in [5.74, 6) is 0.254. The number of hydrogen-bond acceptors (Lipinski definition) is 3. The Labute approximate surface area is 205 Å². The first-order valence-electron chi connectivity index (χ1n) is 11.9. The average molecular weight is 471 g/mol. The third kappa shape index (κ3) is 4.45. The van der Waals surface area contributed by atoms with Crippen LogP contribution in [0.25, 0.3) is 0 Å². The molecule has 0 spiro atoms. The van der Waals surface area contributed by atoms with Crippen molar-refractivity contribution in [2.75, 3.05) is 19.6 Å². The van der Waals surface area contributed by atoms with Crippen molar-refractivity contribution in [2.24, 2.45) is 5.92 Å². The van der Waals surface area contributed by atoms with Crippen molar-refractivity contribution < 1.29 is 9.59 Å². The second kappa shape index (κ2) is 9.59. The molecule has 3 atom stereocenters. The number of carbonyl (C=O) groups is 2. The first kappa shape index (κ1) is 22.6. The second-order valence-electron chi connectivity index (χ2n) is 9.32. The van der Waals surface area contributed by atoms with Crippen LogP contribution < -0.4 is 0 Å². The molecule has 1 aliphatic carbocycles. The van der Waals surface area contributed by atoms with E-state index in [1.165, 1.54) is 21.6 Å². The van der Waals surface area contributed by atoms with Gasteiger partial charge in [0.05, 0.1) is 6.04 Å². The highest BCUT2D eigenvalue weighted by Crippen LogP contribution is 2.48. The van der Waals surface area contributed by atoms with E-state index in [0.717, 1.165) is 18.4 Å². The van der Waals surface area contributed by atoms with Crippen LogP contribution in [0, 0.1) is 12.8 Å². The van der Waals surface area contributed by atoms with Crippen molar-refractivity contribution in [2.45, 2.75) is 31.7 Å². The van der Waals surface area contributed by atoms with E-state index in [1.807, 2.05) is 23.1 Å². The van der Waals surface area contributed by atoms with Crippen LogP contribution in [0.4, 0.5) is 0 Å². The number of nitrogens with zero attached hydrogens (tertiary/aromatic N) is 2. The van der Waals surface area contributed by atoms with Gasteiger partial charge in [-0.15, -0.1) is 17.9 Å². The fourth-order valence-electron chi connectivity index (χ4n) is 5.11. The average Bonchev–Trinajstić information content (AvgIpc) is 3.52. The van der Waals surface area contributed by atoms with Crippen LogP contribution in [-0.2, 0) is 16.0 Å². The summed E-state index contributed by atoms with van der Waals surface area (Å²) in [6, 6.07) is 20.7. The Morgan fingerprint density at radius 2 is 1.85 bits per heavy atom. The van der Waals surface area contributed by atoms with Gasteiger partial charge in [0.25, 0.3) is 0 Å². The van der Waals surface area contributed by atoms with Crippen molar-refractivity contribution in [3.8, 4) is 0 Å². The molecule has 34 heavy (non-hydrogen) atoms. The lowest BCUT2D eigenvalue weighted by atomic mass is 9.92. The maximum absolute atomic E-state index is 13.7. The summed E-state index contributed by atoms with van der Waals surface area (Å²) >= 11 is 1.76. The summed E-state index contributed by atoms with van der Waals surface area (Å²) in [6.07, 6.45) is 3.42. The maximum atomic E-state index is 13.7. The van der Waals surface area contributed by atoms with E-state index < -0.39 is 0 Å². The number of carbonyl (C=O) groups excluding carboxylic acids is 2. The first-order chi connectivity index (χ1) is 16.6. The van der Waals surface area contributed by atoms with Gasteiger partial charge in [-0.1, -0.05) is 66.2 Å². The highest BCUT2D eigenvalue weighted by Gasteiger charge is 2.46. The number of aryl methyl sites for hydroxylation is 1. The van der Waals surface area contributed by atoms with Crippen LogP contribution in [0.15, 0.2) is 78.7 Å². The van der Waals surface area contributed by atoms with E-state index in [2.05, 4.69) is 61.3 Å². The van der Waals surface area contributed by atoms with Crippen LogP contribution in [0.3, 0.4) is 0 Å². The summed E-state index contributed by atoms with van der Waals surface area (Å²) in [6.45, 7) is 7.04. The molecular weight excluding hydrogens is 440 g/mol. The molecule has 1 fully saturated rings. The Bertz CT molecular complexity index is 1180. The van der Waals surface area contributed by atoms with Crippen molar-refractivity contribution in [1.29, 1.82) is 0 Å². The number of rotatable bonds is 7. The Morgan fingerprint density at radius 3 is 2.59 bits per heavy atom. The van der Waals surface area contributed by atoms with Crippen molar-refractivity contribution >= 4 is 23.2 Å². The van der Waals surface area contributed by atoms with E-state index >= 15 is 0 Å². The molecule has 5 rings (SSSR count).